The van der Waals surface area contributed by atoms with E-state index < -0.39 is 0 Å². The van der Waals surface area contributed by atoms with Crippen molar-refractivity contribution in [2.45, 2.75) is 38.6 Å². The average molecular weight is 777 g/mol. The Morgan fingerprint density at radius 1 is 0.550 bits per heavy atom. The van der Waals surface area contributed by atoms with Gasteiger partial charge in [0.1, 0.15) is 23.0 Å². The molecule has 0 fully saturated rings. The molecule has 60 heavy (non-hydrogen) atoms. The second-order valence-corrected chi connectivity index (χ2v) is 16.4. The van der Waals surface area contributed by atoms with Crippen LogP contribution in [0.3, 0.4) is 0 Å². The van der Waals surface area contributed by atoms with Crippen LogP contribution in [0.4, 0.5) is 28.4 Å². The fraction of sp³-hybridized carbons (Fsp3) is 0.107. The van der Waals surface area contributed by atoms with Crippen LogP contribution in [-0.2, 0) is 5.41 Å². The maximum atomic E-state index is 6.91. The van der Waals surface area contributed by atoms with Crippen molar-refractivity contribution in [3.05, 3.63) is 216 Å². The van der Waals surface area contributed by atoms with Gasteiger partial charge in [0.25, 0.3) is 0 Å². The molecule has 0 amide bonds. The van der Waals surface area contributed by atoms with Gasteiger partial charge in [-0.2, -0.15) is 0 Å². The topological polar surface area (TPSA) is 24.9 Å². The number of hydrogen-bond donors (Lipinski definition) is 0. The molecule has 7 aromatic carbocycles. The molecule has 4 nitrogen and oxygen atoms in total. The molecule has 2 heterocycles. The summed E-state index contributed by atoms with van der Waals surface area (Å²) < 4.78 is 13.6. The molecule has 290 valence electrons. The lowest BCUT2D eigenvalue weighted by atomic mass is 9.82. The van der Waals surface area contributed by atoms with E-state index in [4.69, 9.17) is 9.47 Å². The van der Waals surface area contributed by atoms with Crippen molar-refractivity contribution < 1.29 is 9.47 Å². The summed E-state index contributed by atoms with van der Waals surface area (Å²) in [5.41, 5.74) is 16.8. The average Bonchev–Trinajstić information content (AvgIpc) is 3.51. The van der Waals surface area contributed by atoms with Crippen LogP contribution in [-0.4, -0.2) is 6.04 Å². The summed E-state index contributed by atoms with van der Waals surface area (Å²) >= 11 is 0. The molecule has 0 bridgehead atoms. The van der Waals surface area contributed by atoms with E-state index >= 15 is 0 Å². The Balaban J connectivity index is 0.973. The van der Waals surface area contributed by atoms with Crippen LogP contribution in [0.2, 0.25) is 0 Å². The first-order valence-electron chi connectivity index (χ1n) is 20.8. The Hall–Kier alpha value is -7.30. The van der Waals surface area contributed by atoms with Gasteiger partial charge in [0.2, 0.25) is 0 Å². The van der Waals surface area contributed by atoms with E-state index in [1.54, 1.807) is 0 Å². The number of allylic oxidation sites excluding steroid dienone is 3. The van der Waals surface area contributed by atoms with Gasteiger partial charge in [-0.05, 0) is 120 Å². The van der Waals surface area contributed by atoms with Crippen LogP contribution in [0.25, 0.3) is 33.6 Å². The van der Waals surface area contributed by atoms with Gasteiger partial charge in [0, 0.05) is 68.2 Å². The highest BCUT2D eigenvalue weighted by atomic mass is 16.5. The molecule has 2 aliphatic carbocycles. The highest BCUT2D eigenvalue weighted by molar-refractivity contribution is 6.00. The zero-order valence-electron chi connectivity index (χ0n) is 34.0. The van der Waals surface area contributed by atoms with E-state index in [-0.39, 0.29) is 11.5 Å². The van der Waals surface area contributed by atoms with Crippen molar-refractivity contribution in [1.82, 2.24) is 0 Å². The maximum Gasteiger partial charge on any atom is 0.137 e. The van der Waals surface area contributed by atoms with E-state index in [2.05, 4.69) is 219 Å². The van der Waals surface area contributed by atoms with Crippen molar-refractivity contribution in [2.75, 3.05) is 9.80 Å². The second-order valence-electron chi connectivity index (χ2n) is 16.4. The predicted octanol–water partition coefficient (Wildman–Crippen LogP) is 15.1. The standard InChI is InChI=1S/C56H44N2O2/c1-5-43-46-29-26-42(58(39-21-13-8-14-22-39)40-25-28-45-44-23-15-16-24-49(44)56(3,4)50(45)33-40)35-53(46)60-51-32-31-48-47-30-27-41(34-52(47)59-36(2)54(48)55(43)51)57(37-17-9-6-10-18-37)38-19-11-7-12-20-38/h5-19,21-35,38H,2,20H2,1,3-4H3. The van der Waals surface area contributed by atoms with E-state index in [0.29, 0.717) is 5.76 Å². The molecule has 4 heteroatoms. The molecule has 4 aliphatic rings. The third kappa shape index (κ3) is 5.59. The van der Waals surface area contributed by atoms with Gasteiger partial charge in [0.15, 0.2) is 0 Å². The predicted molar refractivity (Wildman–Crippen MR) is 248 cm³/mol. The van der Waals surface area contributed by atoms with Crippen molar-refractivity contribution in [1.29, 1.82) is 0 Å². The number of fused-ring (bicyclic) bond motifs is 9. The van der Waals surface area contributed by atoms with Crippen LogP contribution < -0.4 is 19.3 Å². The Morgan fingerprint density at radius 3 is 1.95 bits per heavy atom. The van der Waals surface area contributed by atoms with E-state index in [1.807, 2.05) is 0 Å². The smallest absolute Gasteiger partial charge is 0.137 e. The quantitative estimate of drug-likeness (QED) is 0.168. The molecule has 0 spiro atoms. The first-order chi connectivity index (χ1) is 29.4. The normalized spacial score (nSPS) is 16.7. The lowest BCUT2D eigenvalue weighted by Crippen LogP contribution is -2.29. The van der Waals surface area contributed by atoms with Crippen molar-refractivity contribution in [3.8, 4) is 39.5 Å². The molecule has 0 radical (unpaired) electrons. The van der Waals surface area contributed by atoms with Crippen LogP contribution in [0.1, 0.15) is 55.0 Å². The Bertz CT molecular complexity index is 2970. The number of benzene rings is 7. The summed E-state index contributed by atoms with van der Waals surface area (Å²) in [5.74, 6) is 3.00. The van der Waals surface area contributed by atoms with Gasteiger partial charge in [-0.25, -0.2) is 0 Å². The first-order valence-corrected chi connectivity index (χ1v) is 20.8. The highest BCUT2D eigenvalue weighted by Gasteiger charge is 2.36. The fourth-order valence-electron chi connectivity index (χ4n) is 9.85. The van der Waals surface area contributed by atoms with Crippen molar-refractivity contribution >= 4 is 39.8 Å². The number of anilines is 5. The fourth-order valence-corrected chi connectivity index (χ4v) is 9.85. The summed E-state index contributed by atoms with van der Waals surface area (Å²) in [6, 6.07) is 54.5. The van der Waals surface area contributed by atoms with Gasteiger partial charge >= 0.3 is 0 Å². The van der Waals surface area contributed by atoms with Crippen LogP contribution in [0, 0.1) is 0 Å². The lowest BCUT2D eigenvalue weighted by Gasteiger charge is -2.34. The van der Waals surface area contributed by atoms with Gasteiger partial charge in [-0.15, -0.1) is 0 Å². The molecule has 1 atom stereocenters. The molecule has 7 aromatic rings. The minimum atomic E-state index is -0.115. The van der Waals surface area contributed by atoms with E-state index in [0.717, 1.165) is 85.5 Å². The van der Waals surface area contributed by atoms with Crippen molar-refractivity contribution in [2.24, 2.45) is 0 Å². The summed E-state index contributed by atoms with van der Waals surface area (Å²) in [6.07, 6.45) is 11.8. The van der Waals surface area contributed by atoms with Crippen LogP contribution in [0.15, 0.2) is 189 Å². The molecular formula is C56H44N2O2. The second kappa shape index (κ2) is 13.9. The monoisotopic (exact) mass is 776 g/mol. The molecule has 11 rings (SSSR count). The molecular weight excluding hydrogens is 733 g/mol. The summed E-state index contributed by atoms with van der Waals surface area (Å²) in [7, 11) is 0. The molecule has 0 saturated heterocycles. The number of para-hydroxylation sites is 2. The minimum Gasteiger partial charge on any atom is -0.457 e. The molecule has 1 unspecified atom stereocenters. The number of hydrogen-bond acceptors (Lipinski definition) is 4. The number of rotatable bonds is 6. The van der Waals surface area contributed by atoms with E-state index in [9.17, 15) is 0 Å². The van der Waals surface area contributed by atoms with E-state index in [1.165, 1.54) is 22.3 Å². The highest BCUT2D eigenvalue weighted by Crippen LogP contribution is 2.55. The Kier molecular flexibility index (Phi) is 8.31. The Labute approximate surface area is 352 Å². The maximum absolute atomic E-state index is 6.91. The van der Waals surface area contributed by atoms with Gasteiger partial charge in [0.05, 0.1) is 6.04 Å². The zero-order valence-corrected chi connectivity index (χ0v) is 34.0. The summed E-state index contributed by atoms with van der Waals surface area (Å²) in [4.78, 5) is 4.72. The first kappa shape index (κ1) is 35.8. The number of ether oxygens (including phenoxy) is 2. The third-order valence-corrected chi connectivity index (χ3v) is 12.7. The number of nitrogens with zero attached hydrogens (tertiary/aromatic N) is 2. The molecule has 2 aliphatic heterocycles. The largest absolute Gasteiger partial charge is 0.457 e. The van der Waals surface area contributed by atoms with Crippen LogP contribution in [0.5, 0.6) is 17.2 Å². The SMILES string of the molecule is C=C1Oc2cc(N(c3ccccc3)C3C=CC=CC3)ccc2-c2ccc3c(c21)C(=CC)c1ccc(N(c2ccccc2)c2ccc4c(c2)C(C)(C)c2ccccc2-4)cc1O3. The summed E-state index contributed by atoms with van der Waals surface area (Å²) in [6.45, 7) is 11.3. The van der Waals surface area contributed by atoms with Gasteiger partial charge in [-0.1, -0.05) is 118 Å². The minimum absolute atomic E-state index is 0.115. The molecule has 0 saturated carbocycles. The Morgan fingerprint density at radius 2 is 1.18 bits per heavy atom. The van der Waals surface area contributed by atoms with Crippen LogP contribution >= 0.6 is 0 Å². The van der Waals surface area contributed by atoms with Gasteiger partial charge < -0.3 is 19.3 Å². The third-order valence-electron chi connectivity index (χ3n) is 12.7. The molecule has 0 N–H and O–H groups in total. The summed E-state index contributed by atoms with van der Waals surface area (Å²) in [5, 5.41) is 0. The molecule has 0 aromatic heterocycles. The lowest BCUT2D eigenvalue weighted by molar-refractivity contribution is 0.471. The van der Waals surface area contributed by atoms with Crippen molar-refractivity contribution in [3.63, 3.8) is 0 Å². The van der Waals surface area contributed by atoms with Gasteiger partial charge in [-0.3, -0.25) is 0 Å². The zero-order chi connectivity index (χ0) is 40.5.